The van der Waals surface area contributed by atoms with Gasteiger partial charge in [0.05, 0.1) is 11.8 Å². The lowest BCUT2D eigenvalue weighted by Gasteiger charge is -2.10. The molecule has 0 fully saturated rings. The fraction of sp³-hybridized carbons (Fsp3) is 0.0476. The Hall–Kier alpha value is -3.39. The number of hydrogen-bond donors (Lipinski definition) is 3. The van der Waals surface area contributed by atoms with Crippen LogP contribution in [0.4, 0.5) is 4.39 Å². The van der Waals surface area contributed by atoms with E-state index in [2.05, 4.69) is 26.5 Å². The van der Waals surface area contributed by atoms with Crippen LogP contribution in [0.2, 0.25) is 0 Å². The number of benzene rings is 3. The first kappa shape index (κ1) is 20.3. The van der Waals surface area contributed by atoms with Gasteiger partial charge in [-0.2, -0.15) is 5.10 Å². The van der Waals surface area contributed by atoms with Crippen molar-refractivity contribution in [2.75, 3.05) is 0 Å². The predicted molar refractivity (Wildman–Crippen MR) is 110 cm³/mol. The maximum absolute atomic E-state index is 13.3. The molecular formula is C21H16BrFN2O4. The van der Waals surface area contributed by atoms with E-state index in [0.29, 0.717) is 16.9 Å². The lowest BCUT2D eigenvalue weighted by atomic mass is 10.2. The molecule has 0 aromatic heterocycles. The molecule has 0 heterocycles. The zero-order valence-electron chi connectivity index (χ0n) is 15.0. The van der Waals surface area contributed by atoms with Gasteiger partial charge in [-0.3, -0.25) is 4.79 Å². The molecule has 3 aromatic carbocycles. The Labute approximate surface area is 174 Å². The topological polar surface area (TPSA) is 91.2 Å². The van der Waals surface area contributed by atoms with E-state index in [-0.39, 0.29) is 29.5 Å². The number of carbonyl (C=O) groups is 1. The molecule has 0 atom stereocenters. The van der Waals surface area contributed by atoms with Gasteiger partial charge < -0.3 is 14.9 Å². The van der Waals surface area contributed by atoms with E-state index in [1.165, 1.54) is 30.5 Å². The number of phenols is 2. The van der Waals surface area contributed by atoms with Crippen molar-refractivity contribution in [2.24, 2.45) is 5.10 Å². The number of hydrazone groups is 1. The number of carbonyl (C=O) groups excluding carboxylic acids is 1. The van der Waals surface area contributed by atoms with Crippen LogP contribution in [0.25, 0.3) is 0 Å². The average Bonchev–Trinajstić information content (AvgIpc) is 2.67. The van der Waals surface area contributed by atoms with Crippen LogP contribution in [0.1, 0.15) is 21.5 Å². The van der Waals surface area contributed by atoms with Gasteiger partial charge in [0.2, 0.25) is 0 Å². The van der Waals surface area contributed by atoms with E-state index >= 15 is 0 Å². The number of ether oxygens (including phenoxy) is 1. The third-order valence-corrected chi connectivity index (χ3v) is 4.34. The van der Waals surface area contributed by atoms with Crippen LogP contribution in [0.5, 0.6) is 17.2 Å². The zero-order valence-corrected chi connectivity index (χ0v) is 16.6. The number of nitrogens with one attached hydrogen (secondary N) is 1. The molecule has 0 saturated heterocycles. The molecule has 29 heavy (non-hydrogen) atoms. The summed E-state index contributed by atoms with van der Waals surface area (Å²) in [5.74, 6) is -1.01. The fourth-order valence-corrected chi connectivity index (χ4v) is 2.85. The summed E-state index contributed by atoms with van der Waals surface area (Å²) in [4.78, 5) is 12.1. The first-order valence-electron chi connectivity index (χ1n) is 8.44. The first-order valence-corrected chi connectivity index (χ1v) is 9.24. The lowest BCUT2D eigenvalue weighted by Crippen LogP contribution is -2.17. The molecule has 0 saturated carbocycles. The van der Waals surface area contributed by atoms with E-state index < -0.39 is 5.91 Å². The van der Waals surface area contributed by atoms with Crippen molar-refractivity contribution in [2.45, 2.75) is 6.61 Å². The normalized spacial score (nSPS) is 10.8. The highest BCUT2D eigenvalue weighted by Crippen LogP contribution is 2.24. The third-order valence-electron chi connectivity index (χ3n) is 3.85. The minimum atomic E-state index is -0.643. The van der Waals surface area contributed by atoms with Crippen molar-refractivity contribution in [3.8, 4) is 17.2 Å². The second-order valence-electron chi connectivity index (χ2n) is 6.00. The van der Waals surface area contributed by atoms with E-state index in [1.807, 2.05) is 0 Å². The number of halogens is 2. The van der Waals surface area contributed by atoms with Crippen molar-refractivity contribution in [1.82, 2.24) is 5.43 Å². The van der Waals surface area contributed by atoms with Gasteiger partial charge in [0.15, 0.2) is 0 Å². The van der Waals surface area contributed by atoms with Gasteiger partial charge >= 0.3 is 0 Å². The summed E-state index contributed by atoms with van der Waals surface area (Å²) in [7, 11) is 0. The Morgan fingerprint density at radius 1 is 1.14 bits per heavy atom. The van der Waals surface area contributed by atoms with Gasteiger partial charge in [-0.05, 0) is 48.0 Å². The molecule has 3 rings (SSSR count). The summed E-state index contributed by atoms with van der Waals surface area (Å²) in [6, 6.07) is 15.0. The van der Waals surface area contributed by atoms with Crippen LogP contribution in [0.3, 0.4) is 0 Å². The van der Waals surface area contributed by atoms with Crippen molar-refractivity contribution in [1.29, 1.82) is 0 Å². The molecule has 0 aliphatic carbocycles. The highest BCUT2D eigenvalue weighted by Gasteiger charge is 2.11. The summed E-state index contributed by atoms with van der Waals surface area (Å²) in [5, 5.41) is 22.9. The minimum Gasteiger partial charge on any atom is -0.508 e. The molecule has 0 spiro atoms. The Bertz CT molecular complexity index is 1070. The second-order valence-corrected chi connectivity index (χ2v) is 6.92. The Morgan fingerprint density at radius 2 is 1.97 bits per heavy atom. The van der Waals surface area contributed by atoms with E-state index in [0.717, 1.165) is 10.5 Å². The maximum atomic E-state index is 13.3. The molecule has 6 nitrogen and oxygen atoms in total. The standard InChI is InChI=1S/C21H16BrFN2O4/c22-15-4-7-20(29-12-13-2-1-3-16(23)8-13)14(9-15)11-24-25-21(28)18-6-5-17(26)10-19(18)27/h1-11,26-27H,12H2,(H,25,28). The van der Waals surface area contributed by atoms with Gasteiger partial charge in [-0.25, -0.2) is 9.82 Å². The zero-order chi connectivity index (χ0) is 20.8. The molecule has 1 amide bonds. The fourth-order valence-electron chi connectivity index (χ4n) is 2.47. The quantitative estimate of drug-likeness (QED) is 0.378. The molecule has 8 heteroatoms. The molecule has 3 aromatic rings. The van der Waals surface area contributed by atoms with Gasteiger partial charge in [-0.1, -0.05) is 28.1 Å². The Morgan fingerprint density at radius 3 is 2.72 bits per heavy atom. The molecular weight excluding hydrogens is 443 g/mol. The van der Waals surface area contributed by atoms with Crippen LogP contribution in [0, 0.1) is 5.82 Å². The maximum Gasteiger partial charge on any atom is 0.275 e. The summed E-state index contributed by atoms with van der Waals surface area (Å²) in [6.45, 7) is 0.161. The van der Waals surface area contributed by atoms with Crippen molar-refractivity contribution in [3.63, 3.8) is 0 Å². The molecule has 148 valence electrons. The van der Waals surface area contributed by atoms with E-state index in [1.54, 1.807) is 30.3 Å². The molecule has 3 N–H and O–H groups in total. The smallest absolute Gasteiger partial charge is 0.275 e. The summed E-state index contributed by atoms with van der Waals surface area (Å²) >= 11 is 3.36. The summed E-state index contributed by atoms with van der Waals surface area (Å²) in [6.07, 6.45) is 1.39. The van der Waals surface area contributed by atoms with Crippen molar-refractivity contribution < 1.29 is 24.1 Å². The first-order chi connectivity index (χ1) is 13.9. The number of amides is 1. The van der Waals surface area contributed by atoms with Crippen LogP contribution in [-0.4, -0.2) is 22.3 Å². The van der Waals surface area contributed by atoms with Crippen LogP contribution in [0.15, 0.2) is 70.2 Å². The monoisotopic (exact) mass is 458 g/mol. The molecule has 0 aliphatic rings. The highest BCUT2D eigenvalue weighted by atomic mass is 79.9. The van der Waals surface area contributed by atoms with E-state index in [9.17, 15) is 19.4 Å². The molecule has 0 aliphatic heterocycles. The van der Waals surface area contributed by atoms with Gasteiger partial charge in [0, 0.05) is 16.1 Å². The predicted octanol–water partition coefficient (Wildman–Crippen LogP) is 4.34. The second kappa shape index (κ2) is 9.20. The largest absolute Gasteiger partial charge is 0.508 e. The number of aromatic hydroxyl groups is 2. The lowest BCUT2D eigenvalue weighted by molar-refractivity contribution is 0.0952. The Kier molecular flexibility index (Phi) is 6.46. The van der Waals surface area contributed by atoms with Gasteiger partial charge in [0.25, 0.3) is 5.91 Å². The SMILES string of the molecule is O=C(NN=Cc1cc(Br)ccc1OCc1cccc(F)c1)c1ccc(O)cc1O. The summed E-state index contributed by atoms with van der Waals surface area (Å²) < 4.78 is 19.8. The van der Waals surface area contributed by atoms with Crippen LogP contribution >= 0.6 is 15.9 Å². The highest BCUT2D eigenvalue weighted by molar-refractivity contribution is 9.10. The summed E-state index contributed by atoms with van der Waals surface area (Å²) in [5.41, 5.74) is 3.52. The van der Waals surface area contributed by atoms with Crippen molar-refractivity contribution >= 4 is 28.1 Å². The molecule has 0 bridgehead atoms. The average molecular weight is 459 g/mol. The van der Waals surface area contributed by atoms with Gasteiger partial charge in [0.1, 0.15) is 29.7 Å². The third kappa shape index (κ3) is 5.55. The Balaban J connectivity index is 1.71. The van der Waals surface area contributed by atoms with Crippen molar-refractivity contribution in [3.05, 3.63) is 87.6 Å². The number of hydrogen-bond acceptors (Lipinski definition) is 5. The van der Waals surface area contributed by atoms with Crippen LogP contribution in [-0.2, 0) is 6.61 Å². The number of phenolic OH excluding ortho intramolecular Hbond substituents is 2. The van der Waals surface area contributed by atoms with Crippen LogP contribution < -0.4 is 10.2 Å². The molecule has 0 unspecified atom stereocenters. The minimum absolute atomic E-state index is 0.0308. The van der Waals surface area contributed by atoms with E-state index in [4.69, 9.17) is 4.74 Å². The number of rotatable bonds is 6. The van der Waals surface area contributed by atoms with Gasteiger partial charge in [-0.15, -0.1) is 0 Å². The molecule has 0 radical (unpaired) electrons. The number of nitrogens with zero attached hydrogens (tertiary/aromatic N) is 1.